The topological polar surface area (TPSA) is 46.3 Å². The molecular weight excluding hydrogens is 208 g/mol. The van der Waals surface area contributed by atoms with E-state index in [1.807, 2.05) is 12.1 Å². The summed E-state index contributed by atoms with van der Waals surface area (Å²) in [4.78, 5) is 13.3. The molecule has 1 amide bonds. The molecule has 2 N–H and O–H groups in total. The summed E-state index contributed by atoms with van der Waals surface area (Å²) < 4.78 is 0. The molecule has 4 heteroatoms. The molecule has 0 radical (unpaired) electrons. The first-order valence-corrected chi connectivity index (χ1v) is 5.62. The maximum Gasteiger partial charge on any atom is 0.228 e. The maximum atomic E-state index is 11.6. The van der Waals surface area contributed by atoms with E-state index in [2.05, 4.69) is 18.7 Å². The molecule has 1 aliphatic heterocycles. The zero-order chi connectivity index (χ0) is 10.8. The van der Waals surface area contributed by atoms with E-state index in [4.69, 9.17) is 5.73 Å². The van der Waals surface area contributed by atoms with E-state index in [0.29, 0.717) is 18.8 Å². The lowest BCUT2D eigenvalue weighted by molar-refractivity contribution is -0.118. The van der Waals surface area contributed by atoms with Crippen molar-refractivity contribution >= 4 is 24.2 Å². The molecule has 1 heterocycles. The van der Waals surface area contributed by atoms with E-state index in [9.17, 15) is 4.79 Å². The van der Waals surface area contributed by atoms with Crippen molar-refractivity contribution in [1.82, 2.24) is 0 Å². The van der Waals surface area contributed by atoms with Gasteiger partial charge in [0, 0.05) is 18.7 Å². The average molecular weight is 222 g/mol. The van der Waals surface area contributed by atoms with Crippen molar-refractivity contribution in [2.24, 2.45) is 5.73 Å². The lowest BCUT2D eigenvalue weighted by atomic mass is 9.99. The number of carbonyl (C=O) groups excluding carboxylic acids is 1. The minimum Gasteiger partial charge on any atom is -0.326 e. The molecule has 3 nitrogen and oxygen atoms in total. The molecule has 0 saturated heterocycles. The number of amides is 1. The van der Waals surface area contributed by atoms with Gasteiger partial charge >= 0.3 is 0 Å². The van der Waals surface area contributed by atoms with Crippen LogP contribution in [0.5, 0.6) is 0 Å². The SMILES string of the molecule is NCc1ccc2c(c1)CCC(=O)N2CS. The Balaban J connectivity index is 2.42. The molecule has 0 unspecified atom stereocenters. The Bertz CT molecular complexity index is 392. The second-order valence-corrected chi connectivity index (χ2v) is 3.91. The largest absolute Gasteiger partial charge is 0.326 e. The summed E-state index contributed by atoms with van der Waals surface area (Å²) in [7, 11) is 0. The maximum absolute atomic E-state index is 11.6. The molecule has 1 aliphatic rings. The van der Waals surface area contributed by atoms with Gasteiger partial charge in [0.05, 0.1) is 5.88 Å². The van der Waals surface area contributed by atoms with Gasteiger partial charge in [-0.05, 0) is 23.6 Å². The van der Waals surface area contributed by atoms with Gasteiger partial charge in [0.1, 0.15) is 0 Å². The zero-order valence-corrected chi connectivity index (χ0v) is 9.33. The number of hydrogen-bond donors (Lipinski definition) is 2. The highest BCUT2D eigenvalue weighted by atomic mass is 32.1. The van der Waals surface area contributed by atoms with Crippen molar-refractivity contribution in [1.29, 1.82) is 0 Å². The lowest BCUT2D eigenvalue weighted by Gasteiger charge is -2.28. The van der Waals surface area contributed by atoms with Gasteiger partial charge in [-0.3, -0.25) is 4.79 Å². The summed E-state index contributed by atoms with van der Waals surface area (Å²) in [5.74, 6) is 0.589. The molecule has 0 atom stereocenters. The normalized spacial score (nSPS) is 15.3. The molecule has 80 valence electrons. The molecule has 0 bridgehead atoms. The van der Waals surface area contributed by atoms with E-state index in [-0.39, 0.29) is 5.91 Å². The highest BCUT2D eigenvalue weighted by Crippen LogP contribution is 2.28. The Morgan fingerprint density at radius 3 is 2.87 bits per heavy atom. The van der Waals surface area contributed by atoms with Gasteiger partial charge in [0.2, 0.25) is 5.91 Å². The minimum atomic E-state index is 0.151. The minimum absolute atomic E-state index is 0.151. The third-order valence-corrected chi connectivity index (χ3v) is 3.00. The van der Waals surface area contributed by atoms with Crippen LogP contribution in [0.3, 0.4) is 0 Å². The van der Waals surface area contributed by atoms with Crippen molar-refractivity contribution in [2.75, 3.05) is 10.8 Å². The molecule has 0 aromatic heterocycles. The summed E-state index contributed by atoms with van der Waals surface area (Å²) in [6, 6.07) is 6.01. The van der Waals surface area contributed by atoms with Gasteiger partial charge in [-0.2, -0.15) is 12.6 Å². The Morgan fingerprint density at radius 2 is 2.20 bits per heavy atom. The average Bonchev–Trinajstić information content (AvgIpc) is 2.28. The van der Waals surface area contributed by atoms with Gasteiger partial charge in [-0.25, -0.2) is 0 Å². The van der Waals surface area contributed by atoms with Crippen molar-refractivity contribution < 1.29 is 4.79 Å². The first-order valence-electron chi connectivity index (χ1n) is 4.99. The van der Waals surface area contributed by atoms with Crippen molar-refractivity contribution in [3.8, 4) is 0 Å². The summed E-state index contributed by atoms with van der Waals surface area (Å²) in [5.41, 5.74) is 8.88. The summed E-state index contributed by atoms with van der Waals surface area (Å²) in [6.45, 7) is 0.544. The predicted octanol–water partition coefficient (Wildman–Crippen LogP) is 1.31. The van der Waals surface area contributed by atoms with Crippen LogP contribution in [0, 0.1) is 0 Å². The predicted molar refractivity (Wildman–Crippen MR) is 64.0 cm³/mol. The molecule has 0 aliphatic carbocycles. The molecule has 15 heavy (non-hydrogen) atoms. The van der Waals surface area contributed by atoms with Gasteiger partial charge in [-0.1, -0.05) is 12.1 Å². The quantitative estimate of drug-likeness (QED) is 0.741. The highest BCUT2D eigenvalue weighted by molar-refractivity contribution is 7.80. The van der Waals surface area contributed by atoms with Crippen molar-refractivity contribution in [3.05, 3.63) is 29.3 Å². The first-order chi connectivity index (χ1) is 7.26. The number of rotatable bonds is 2. The number of thiol groups is 1. The van der Waals surface area contributed by atoms with Crippen LogP contribution in [0.25, 0.3) is 0 Å². The van der Waals surface area contributed by atoms with E-state index in [1.165, 1.54) is 5.56 Å². The molecule has 0 spiro atoms. The number of carbonyl (C=O) groups is 1. The fourth-order valence-electron chi connectivity index (χ4n) is 1.90. The van der Waals surface area contributed by atoms with Crippen LogP contribution in [0.4, 0.5) is 5.69 Å². The summed E-state index contributed by atoms with van der Waals surface area (Å²) in [6.07, 6.45) is 1.38. The van der Waals surface area contributed by atoms with Crippen molar-refractivity contribution in [2.45, 2.75) is 19.4 Å². The van der Waals surface area contributed by atoms with Crippen LogP contribution >= 0.6 is 12.6 Å². The third kappa shape index (κ3) is 1.87. The Kier molecular flexibility index (Phi) is 2.98. The van der Waals surface area contributed by atoms with Gasteiger partial charge < -0.3 is 10.6 Å². The molecule has 2 rings (SSSR count). The Labute approximate surface area is 94.7 Å². The van der Waals surface area contributed by atoms with Crippen LogP contribution in [-0.4, -0.2) is 11.8 Å². The summed E-state index contributed by atoms with van der Waals surface area (Å²) >= 11 is 4.18. The van der Waals surface area contributed by atoms with E-state index >= 15 is 0 Å². The number of hydrogen-bond acceptors (Lipinski definition) is 3. The second-order valence-electron chi connectivity index (χ2n) is 3.63. The van der Waals surface area contributed by atoms with E-state index < -0.39 is 0 Å². The van der Waals surface area contributed by atoms with Crippen LogP contribution < -0.4 is 10.6 Å². The monoisotopic (exact) mass is 222 g/mol. The van der Waals surface area contributed by atoms with E-state index in [0.717, 1.165) is 17.7 Å². The fraction of sp³-hybridized carbons (Fsp3) is 0.364. The number of nitrogens with two attached hydrogens (primary N) is 1. The Morgan fingerprint density at radius 1 is 1.40 bits per heavy atom. The van der Waals surface area contributed by atoms with Gasteiger partial charge in [-0.15, -0.1) is 0 Å². The van der Waals surface area contributed by atoms with Crippen LogP contribution in [0.2, 0.25) is 0 Å². The van der Waals surface area contributed by atoms with E-state index in [1.54, 1.807) is 4.90 Å². The summed E-state index contributed by atoms with van der Waals surface area (Å²) in [5, 5.41) is 0. The van der Waals surface area contributed by atoms with Crippen molar-refractivity contribution in [3.63, 3.8) is 0 Å². The first kappa shape index (κ1) is 10.5. The van der Waals surface area contributed by atoms with Gasteiger partial charge in [0.25, 0.3) is 0 Å². The fourth-order valence-corrected chi connectivity index (χ4v) is 2.21. The zero-order valence-electron chi connectivity index (χ0n) is 8.44. The smallest absolute Gasteiger partial charge is 0.228 e. The molecule has 0 saturated carbocycles. The standard InChI is InChI=1S/C11H14N2OS/c12-6-8-1-3-10-9(5-8)2-4-11(14)13(10)7-15/h1,3,5,15H,2,4,6-7,12H2. The van der Waals surface area contributed by atoms with Crippen LogP contribution in [0.1, 0.15) is 17.5 Å². The van der Waals surface area contributed by atoms with Crippen LogP contribution in [0.15, 0.2) is 18.2 Å². The molecule has 1 aromatic rings. The lowest BCUT2D eigenvalue weighted by Crippen LogP contribution is -2.34. The number of nitrogens with zero attached hydrogens (tertiary/aromatic N) is 1. The van der Waals surface area contributed by atoms with Crippen LogP contribution in [-0.2, 0) is 17.8 Å². The Hall–Kier alpha value is -1.00. The molecular formula is C11H14N2OS. The van der Waals surface area contributed by atoms with Gasteiger partial charge in [0.15, 0.2) is 0 Å². The highest BCUT2D eigenvalue weighted by Gasteiger charge is 2.22. The third-order valence-electron chi connectivity index (χ3n) is 2.72. The molecule has 0 fully saturated rings. The number of anilines is 1. The second kappa shape index (κ2) is 4.24. The number of fused-ring (bicyclic) bond motifs is 1. The molecule has 1 aromatic carbocycles. The number of benzene rings is 1. The number of aryl methyl sites for hydroxylation is 1.